The van der Waals surface area contributed by atoms with E-state index in [0.29, 0.717) is 16.7 Å². The van der Waals surface area contributed by atoms with Gasteiger partial charge in [-0.15, -0.1) is 0 Å². The van der Waals surface area contributed by atoms with E-state index in [1.165, 1.54) is 11.1 Å². The molecule has 2 aromatic rings. The molecule has 0 saturated heterocycles. The zero-order chi connectivity index (χ0) is 20.9. The molecule has 1 N–H and O–H groups in total. The van der Waals surface area contributed by atoms with Gasteiger partial charge in [-0.1, -0.05) is 23.3 Å². The normalized spacial score (nSPS) is 12.1. The molecule has 0 aliphatic rings. The van der Waals surface area contributed by atoms with E-state index < -0.39 is 17.0 Å². The molecule has 0 bridgehead atoms. The number of ether oxygens (including phenoxy) is 2. The largest absolute Gasteiger partial charge is 0.499 e. The maximum absolute atomic E-state index is 12.0. The average Bonchev–Trinajstić information content (AvgIpc) is 2.56. The Morgan fingerprint density at radius 3 is 2.54 bits per heavy atom. The Kier molecular flexibility index (Phi) is 6.95. The molecule has 0 amide bonds. The van der Waals surface area contributed by atoms with Crippen LogP contribution in [0.3, 0.4) is 0 Å². The van der Waals surface area contributed by atoms with Crippen LogP contribution in [0.5, 0.6) is 17.2 Å². The molecule has 0 aliphatic carbocycles. The van der Waals surface area contributed by atoms with Crippen molar-refractivity contribution in [1.29, 1.82) is 0 Å². The highest BCUT2D eigenvalue weighted by Crippen LogP contribution is 2.39. The monoisotopic (exact) mass is 386 g/mol. The van der Waals surface area contributed by atoms with Crippen molar-refractivity contribution < 1.29 is 19.0 Å². The van der Waals surface area contributed by atoms with Crippen LogP contribution in [0.15, 0.2) is 50.7 Å². The van der Waals surface area contributed by atoms with Gasteiger partial charge in [0.05, 0.1) is 0 Å². The predicted octanol–water partition coefficient (Wildman–Crippen LogP) is 5.75. The zero-order valence-electron chi connectivity index (χ0n) is 17.6. The Balaban J connectivity index is 2.33. The van der Waals surface area contributed by atoms with Gasteiger partial charge in [0, 0.05) is 0 Å². The van der Waals surface area contributed by atoms with Crippen LogP contribution in [-0.4, -0.2) is 17.3 Å². The summed E-state index contributed by atoms with van der Waals surface area (Å²) in [5.41, 5.74) is 1.49. The van der Waals surface area contributed by atoms with Crippen molar-refractivity contribution in [1.82, 2.24) is 0 Å². The first kappa shape index (κ1) is 21.6. The van der Waals surface area contributed by atoms with Crippen molar-refractivity contribution in [3.63, 3.8) is 0 Å². The number of benzene rings is 1. The van der Waals surface area contributed by atoms with Gasteiger partial charge in [0.25, 0.3) is 0 Å². The van der Waals surface area contributed by atoms with E-state index in [0.717, 1.165) is 12.8 Å². The highest BCUT2D eigenvalue weighted by molar-refractivity contribution is 5.91. The molecule has 0 atom stereocenters. The first-order valence-corrected chi connectivity index (χ1v) is 9.48. The van der Waals surface area contributed by atoms with E-state index in [1.54, 1.807) is 18.2 Å². The van der Waals surface area contributed by atoms with E-state index in [9.17, 15) is 9.90 Å². The van der Waals surface area contributed by atoms with Crippen LogP contribution in [0, 0.1) is 0 Å². The minimum Gasteiger partial charge on any atom is -0.499 e. The molecule has 1 aromatic carbocycles. The van der Waals surface area contributed by atoms with Gasteiger partial charge < -0.3 is 19.0 Å². The van der Waals surface area contributed by atoms with Gasteiger partial charge in [0.2, 0.25) is 5.75 Å². The molecule has 152 valence electrons. The average molecular weight is 386 g/mol. The molecule has 0 fully saturated rings. The topological polar surface area (TPSA) is 68.9 Å². The zero-order valence-corrected chi connectivity index (χ0v) is 17.6. The quantitative estimate of drug-likeness (QED) is 0.485. The van der Waals surface area contributed by atoms with Crippen molar-refractivity contribution >= 4 is 11.0 Å². The lowest BCUT2D eigenvalue weighted by Crippen LogP contribution is -2.23. The summed E-state index contributed by atoms with van der Waals surface area (Å²) in [5, 5.41) is 10.7. The smallest absolute Gasteiger partial charge is 0.382 e. The van der Waals surface area contributed by atoms with Gasteiger partial charge in [-0.05, 0) is 72.6 Å². The van der Waals surface area contributed by atoms with Crippen molar-refractivity contribution in [3.05, 3.63) is 51.9 Å². The van der Waals surface area contributed by atoms with E-state index in [-0.39, 0.29) is 12.4 Å². The van der Waals surface area contributed by atoms with Crippen molar-refractivity contribution in [2.24, 2.45) is 0 Å². The first-order chi connectivity index (χ1) is 13.1. The van der Waals surface area contributed by atoms with Crippen LogP contribution < -0.4 is 15.1 Å². The number of rotatable bonds is 7. The molecule has 28 heavy (non-hydrogen) atoms. The Bertz CT molecular complexity index is 938. The van der Waals surface area contributed by atoms with E-state index in [1.807, 2.05) is 33.8 Å². The molecule has 1 aromatic heterocycles. The van der Waals surface area contributed by atoms with Gasteiger partial charge >= 0.3 is 5.63 Å². The molecule has 0 radical (unpaired) electrons. The molecular weight excluding hydrogens is 356 g/mol. The first-order valence-electron chi connectivity index (χ1n) is 9.48. The summed E-state index contributed by atoms with van der Waals surface area (Å²) >= 11 is 0. The third-order valence-electron chi connectivity index (χ3n) is 3.99. The number of fused-ring (bicyclic) bond motifs is 1. The summed E-state index contributed by atoms with van der Waals surface area (Å²) in [4.78, 5) is 12.0. The SMILES string of the molecule is CC(C)=CCCC(C)=CCOc1c(O)c(=O)oc2cccc(OC(C)(C)C)c12. The summed E-state index contributed by atoms with van der Waals surface area (Å²) in [6.07, 6.45) is 6.04. The molecule has 5 heteroatoms. The van der Waals surface area contributed by atoms with Gasteiger partial charge in [0.1, 0.15) is 28.9 Å². The Hall–Kier alpha value is -2.69. The lowest BCUT2D eigenvalue weighted by Gasteiger charge is -2.23. The van der Waals surface area contributed by atoms with Crippen LogP contribution in [0.4, 0.5) is 0 Å². The maximum Gasteiger partial charge on any atom is 0.382 e. The van der Waals surface area contributed by atoms with E-state index >= 15 is 0 Å². The van der Waals surface area contributed by atoms with Crippen LogP contribution in [0.2, 0.25) is 0 Å². The summed E-state index contributed by atoms with van der Waals surface area (Å²) in [7, 11) is 0. The maximum atomic E-state index is 12.0. The van der Waals surface area contributed by atoms with E-state index in [4.69, 9.17) is 13.9 Å². The molecule has 2 rings (SSSR count). The third-order valence-corrected chi connectivity index (χ3v) is 3.99. The summed E-state index contributed by atoms with van der Waals surface area (Å²) < 4.78 is 17.0. The number of aromatic hydroxyl groups is 1. The Morgan fingerprint density at radius 1 is 1.18 bits per heavy atom. The van der Waals surface area contributed by atoms with Gasteiger partial charge in [-0.25, -0.2) is 4.79 Å². The van der Waals surface area contributed by atoms with Gasteiger partial charge in [-0.3, -0.25) is 0 Å². The Morgan fingerprint density at radius 2 is 1.89 bits per heavy atom. The predicted molar refractivity (Wildman–Crippen MR) is 112 cm³/mol. The Labute approximate surface area is 166 Å². The highest BCUT2D eigenvalue weighted by Gasteiger charge is 2.21. The fourth-order valence-corrected chi connectivity index (χ4v) is 2.69. The van der Waals surface area contributed by atoms with Gasteiger partial charge in [0.15, 0.2) is 5.75 Å². The molecule has 0 spiro atoms. The molecule has 0 unspecified atom stereocenters. The van der Waals surface area contributed by atoms with Crippen LogP contribution in [0.1, 0.15) is 54.4 Å². The van der Waals surface area contributed by atoms with Crippen LogP contribution in [0.25, 0.3) is 11.0 Å². The lowest BCUT2D eigenvalue weighted by atomic mass is 10.1. The van der Waals surface area contributed by atoms with E-state index in [2.05, 4.69) is 19.9 Å². The van der Waals surface area contributed by atoms with Crippen LogP contribution in [-0.2, 0) is 0 Å². The highest BCUT2D eigenvalue weighted by atomic mass is 16.5. The van der Waals surface area contributed by atoms with Crippen molar-refractivity contribution in [3.8, 4) is 17.2 Å². The number of hydrogen-bond donors (Lipinski definition) is 1. The molecular formula is C23H30O5. The lowest BCUT2D eigenvalue weighted by molar-refractivity contribution is 0.132. The van der Waals surface area contributed by atoms with Crippen molar-refractivity contribution in [2.45, 2.75) is 60.0 Å². The summed E-state index contributed by atoms with van der Waals surface area (Å²) in [5.74, 6) is 0.0239. The second-order valence-corrected chi connectivity index (χ2v) is 8.09. The molecule has 0 saturated carbocycles. The fraction of sp³-hybridized carbons (Fsp3) is 0.435. The third kappa shape index (κ3) is 5.91. The molecule has 5 nitrogen and oxygen atoms in total. The second kappa shape index (κ2) is 9.00. The van der Waals surface area contributed by atoms with Gasteiger partial charge in [-0.2, -0.15) is 0 Å². The second-order valence-electron chi connectivity index (χ2n) is 8.09. The minimum atomic E-state index is -0.834. The van der Waals surface area contributed by atoms with Crippen molar-refractivity contribution in [2.75, 3.05) is 6.61 Å². The van der Waals surface area contributed by atoms with Crippen LogP contribution >= 0.6 is 0 Å². The fourth-order valence-electron chi connectivity index (χ4n) is 2.69. The number of allylic oxidation sites excluding steroid dienone is 3. The molecule has 1 heterocycles. The summed E-state index contributed by atoms with van der Waals surface area (Å²) in [6.45, 7) is 12.2. The number of hydrogen-bond acceptors (Lipinski definition) is 5. The standard InChI is InChI=1S/C23H30O5/c1-15(2)9-7-10-16(3)13-14-26-21-19-17(27-22(25)20(21)24)11-8-12-18(19)28-23(4,5)6/h8-9,11-13,24H,7,10,14H2,1-6H3. The molecule has 0 aliphatic heterocycles. The minimum absolute atomic E-state index is 0.0828. The summed E-state index contributed by atoms with van der Waals surface area (Å²) in [6, 6.07) is 5.15.